The van der Waals surface area contributed by atoms with E-state index in [4.69, 9.17) is 5.21 Å². The Morgan fingerprint density at radius 2 is 1.73 bits per heavy atom. The van der Waals surface area contributed by atoms with Crippen LogP contribution in [-0.2, 0) is 6.54 Å². The highest BCUT2D eigenvalue weighted by Crippen LogP contribution is 2.27. The number of carbonyl (C=O) groups excluding carboxylic acids is 1. The summed E-state index contributed by atoms with van der Waals surface area (Å²) in [4.78, 5) is 29.3. The molecule has 0 fully saturated rings. The maximum atomic E-state index is 13.3. The van der Waals surface area contributed by atoms with Gasteiger partial charge in [0.2, 0.25) is 0 Å². The zero-order chi connectivity index (χ0) is 23.6. The van der Waals surface area contributed by atoms with Gasteiger partial charge in [-0.3, -0.25) is 14.8 Å². The lowest BCUT2D eigenvalue weighted by atomic mass is 10.1. The highest BCUT2D eigenvalue weighted by atomic mass is 19.4. The summed E-state index contributed by atoms with van der Waals surface area (Å²) in [5.41, 5.74) is 2.97. The summed E-state index contributed by atoms with van der Waals surface area (Å²) in [5, 5.41) is 8.75. The van der Waals surface area contributed by atoms with Crippen molar-refractivity contribution < 1.29 is 27.9 Å². The topological polar surface area (TPSA) is 93.5 Å². The lowest BCUT2D eigenvalue weighted by Crippen LogP contribution is -2.25. The van der Waals surface area contributed by atoms with E-state index in [-0.39, 0.29) is 23.3 Å². The number of alkyl halides is 3. The van der Waals surface area contributed by atoms with E-state index in [2.05, 4.69) is 9.72 Å². The molecule has 0 radical (unpaired) electrons. The molecule has 1 heterocycles. The van der Waals surface area contributed by atoms with Gasteiger partial charge in [0.25, 0.3) is 11.5 Å². The summed E-state index contributed by atoms with van der Waals surface area (Å²) in [6.07, 6.45) is -4.89. The average molecular weight is 455 g/mol. The normalized spacial score (nSPS) is 11.4. The summed E-state index contributed by atoms with van der Waals surface area (Å²) >= 11 is 0. The number of ether oxygens (including phenoxy) is 1. The first-order valence-electron chi connectivity index (χ1n) is 9.64. The van der Waals surface area contributed by atoms with Gasteiger partial charge < -0.3 is 9.30 Å². The first-order chi connectivity index (χ1) is 15.7. The Kier molecular flexibility index (Phi) is 5.84. The summed E-state index contributed by atoms with van der Waals surface area (Å²) in [6, 6.07) is 18.3. The molecule has 0 unspecified atom stereocenters. The van der Waals surface area contributed by atoms with Crippen molar-refractivity contribution in [1.29, 1.82) is 0 Å². The third kappa shape index (κ3) is 4.85. The Labute approximate surface area is 184 Å². The highest BCUT2D eigenvalue weighted by Gasteiger charge is 2.31. The second-order valence-corrected chi connectivity index (χ2v) is 7.05. The first kappa shape index (κ1) is 22.0. The van der Waals surface area contributed by atoms with Crippen LogP contribution in [0, 0.1) is 0 Å². The van der Waals surface area contributed by atoms with Crippen LogP contribution < -0.4 is 15.8 Å². The molecule has 10 heteroatoms. The van der Waals surface area contributed by atoms with Crippen molar-refractivity contribution in [3.63, 3.8) is 0 Å². The molecule has 0 atom stereocenters. The molecule has 33 heavy (non-hydrogen) atoms. The Hall–Kier alpha value is -4.18. The van der Waals surface area contributed by atoms with E-state index in [0.717, 1.165) is 12.1 Å². The number of aromatic nitrogens is 2. The first-order valence-corrected chi connectivity index (χ1v) is 9.64. The molecule has 7 nitrogen and oxygen atoms in total. The van der Waals surface area contributed by atoms with Crippen LogP contribution in [0.5, 0.6) is 5.75 Å². The van der Waals surface area contributed by atoms with Gasteiger partial charge in [-0.25, -0.2) is 10.5 Å². The number of nitrogens with zero attached hydrogens (tertiary/aromatic N) is 2. The third-order valence-electron chi connectivity index (χ3n) is 4.86. The Balaban J connectivity index is 1.86. The largest absolute Gasteiger partial charge is 0.573 e. The van der Waals surface area contributed by atoms with E-state index in [1.165, 1.54) is 28.2 Å². The molecule has 4 rings (SSSR count). The maximum absolute atomic E-state index is 13.3. The molecule has 0 aliphatic carbocycles. The molecule has 168 valence electrons. The Morgan fingerprint density at radius 1 is 1.03 bits per heavy atom. The van der Waals surface area contributed by atoms with Gasteiger partial charge in [0.05, 0.1) is 17.6 Å². The summed E-state index contributed by atoms with van der Waals surface area (Å²) < 4.78 is 43.5. The van der Waals surface area contributed by atoms with Gasteiger partial charge in [-0.15, -0.1) is 13.2 Å². The maximum Gasteiger partial charge on any atom is 0.573 e. The SMILES string of the molecule is O=C(NO)c1ccc(Cn2c(=O)c(-c3ccccc3)nc3ccc(OC(F)(F)F)cc32)cc1. The third-order valence-corrected chi connectivity index (χ3v) is 4.86. The number of fused-ring (bicyclic) bond motifs is 1. The quantitative estimate of drug-likeness (QED) is 0.349. The highest BCUT2D eigenvalue weighted by molar-refractivity contribution is 5.93. The molecule has 1 aromatic heterocycles. The van der Waals surface area contributed by atoms with Crippen LogP contribution in [0.4, 0.5) is 13.2 Å². The minimum absolute atomic E-state index is 0.00577. The molecule has 0 bridgehead atoms. The van der Waals surface area contributed by atoms with Crippen molar-refractivity contribution in [3.8, 4) is 17.0 Å². The monoisotopic (exact) mass is 455 g/mol. The number of nitrogens with one attached hydrogen (secondary N) is 1. The van der Waals surface area contributed by atoms with Crippen molar-refractivity contribution in [2.45, 2.75) is 12.9 Å². The smallest absolute Gasteiger partial charge is 0.406 e. The number of rotatable bonds is 5. The number of hydrogen-bond acceptors (Lipinski definition) is 5. The standard InChI is InChI=1S/C23H16F3N3O4/c24-23(25,26)33-17-10-11-18-19(12-17)29(13-14-6-8-16(9-7-14)21(30)28-32)22(31)20(27-18)15-4-2-1-3-5-15/h1-12,32H,13H2,(H,28,30). The predicted molar refractivity (Wildman–Crippen MR) is 113 cm³/mol. The fraction of sp³-hybridized carbons (Fsp3) is 0.0870. The fourth-order valence-electron chi connectivity index (χ4n) is 3.37. The number of hydrogen-bond donors (Lipinski definition) is 2. The van der Waals surface area contributed by atoms with Crippen LogP contribution in [0.1, 0.15) is 15.9 Å². The molecule has 3 aromatic carbocycles. The summed E-state index contributed by atoms with van der Waals surface area (Å²) in [6.45, 7) is -0.00577. The fourth-order valence-corrected chi connectivity index (χ4v) is 3.37. The van der Waals surface area contributed by atoms with Crippen LogP contribution in [0.15, 0.2) is 77.6 Å². The zero-order valence-electron chi connectivity index (χ0n) is 16.8. The second kappa shape index (κ2) is 8.75. The van der Waals surface area contributed by atoms with Gasteiger partial charge in [0, 0.05) is 17.2 Å². The predicted octanol–water partition coefficient (Wildman–Crippen LogP) is 4.13. The van der Waals surface area contributed by atoms with Crippen LogP contribution in [0.2, 0.25) is 0 Å². The van der Waals surface area contributed by atoms with Gasteiger partial charge in [0.15, 0.2) is 0 Å². The van der Waals surface area contributed by atoms with Gasteiger partial charge in [0.1, 0.15) is 11.4 Å². The van der Waals surface area contributed by atoms with E-state index in [9.17, 15) is 22.8 Å². The van der Waals surface area contributed by atoms with Gasteiger partial charge in [-0.2, -0.15) is 0 Å². The molecular formula is C23H16F3N3O4. The van der Waals surface area contributed by atoms with Crippen LogP contribution in [-0.4, -0.2) is 27.0 Å². The van der Waals surface area contributed by atoms with E-state index >= 15 is 0 Å². The Morgan fingerprint density at radius 3 is 2.36 bits per heavy atom. The lowest BCUT2D eigenvalue weighted by molar-refractivity contribution is -0.274. The molecule has 0 spiro atoms. The van der Waals surface area contributed by atoms with Crippen molar-refractivity contribution in [1.82, 2.24) is 15.0 Å². The number of hydroxylamine groups is 1. The molecule has 0 aliphatic rings. The molecule has 1 amide bonds. The minimum atomic E-state index is -4.89. The van der Waals surface area contributed by atoms with E-state index in [0.29, 0.717) is 16.6 Å². The van der Waals surface area contributed by atoms with Crippen molar-refractivity contribution in [3.05, 3.63) is 94.3 Å². The van der Waals surface area contributed by atoms with E-state index < -0.39 is 23.6 Å². The van der Waals surface area contributed by atoms with E-state index in [1.54, 1.807) is 42.5 Å². The zero-order valence-corrected chi connectivity index (χ0v) is 16.8. The van der Waals surface area contributed by atoms with Crippen LogP contribution in [0.3, 0.4) is 0 Å². The van der Waals surface area contributed by atoms with Crippen molar-refractivity contribution >= 4 is 16.9 Å². The van der Waals surface area contributed by atoms with Gasteiger partial charge in [-0.05, 0) is 29.8 Å². The number of benzene rings is 3. The number of carbonyl (C=O) groups is 1. The Bertz CT molecular complexity index is 1370. The number of amides is 1. The summed E-state index contributed by atoms with van der Waals surface area (Å²) in [7, 11) is 0. The van der Waals surface area contributed by atoms with Gasteiger partial charge in [-0.1, -0.05) is 42.5 Å². The average Bonchev–Trinajstić information content (AvgIpc) is 2.80. The van der Waals surface area contributed by atoms with Gasteiger partial charge >= 0.3 is 6.36 Å². The molecule has 0 saturated carbocycles. The van der Waals surface area contributed by atoms with E-state index in [1.807, 2.05) is 0 Å². The molecule has 0 aliphatic heterocycles. The molecule has 2 N–H and O–H groups in total. The van der Waals surface area contributed by atoms with Crippen molar-refractivity contribution in [2.75, 3.05) is 0 Å². The molecular weight excluding hydrogens is 439 g/mol. The lowest BCUT2D eigenvalue weighted by Gasteiger charge is -2.15. The number of halogens is 3. The minimum Gasteiger partial charge on any atom is -0.406 e. The van der Waals surface area contributed by atoms with Crippen LogP contribution in [0.25, 0.3) is 22.3 Å². The van der Waals surface area contributed by atoms with Crippen LogP contribution >= 0.6 is 0 Å². The van der Waals surface area contributed by atoms with Crippen molar-refractivity contribution in [2.24, 2.45) is 0 Å². The molecule has 4 aromatic rings. The summed E-state index contributed by atoms with van der Waals surface area (Å²) in [5.74, 6) is -1.18. The molecule has 0 saturated heterocycles. The second-order valence-electron chi connectivity index (χ2n) is 7.05.